The lowest BCUT2D eigenvalue weighted by atomic mass is 10.0. The molecular formula is C15H23NO4. The highest BCUT2D eigenvalue weighted by molar-refractivity contribution is 5.79. The smallest absolute Gasteiger partial charge is 0.327 e. The van der Waals surface area contributed by atoms with Crippen molar-refractivity contribution in [3.8, 4) is 11.5 Å². The fourth-order valence-corrected chi connectivity index (χ4v) is 1.87. The maximum Gasteiger partial charge on any atom is 0.327 e. The van der Waals surface area contributed by atoms with Crippen molar-refractivity contribution in [3.63, 3.8) is 0 Å². The highest BCUT2D eigenvalue weighted by Crippen LogP contribution is 2.30. The maximum absolute atomic E-state index is 12.1. The van der Waals surface area contributed by atoms with Gasteiger partial charge in [0.25, 0.3) is 0 Å². The van der Waals surface area contributed by atoms with Gasteiger partial charge in [0.05, 0.1) is 21.3 Å². The molecule has 0 aliphatic carbocycles. The zero-order valence-corrected chi connectivity index (χ0v) is 12.7. The van der Waals surface area contributed by atoms with E-state index < -0.39 is 6.04 Å². The number of hydrogen-bond donors (Lipinski definition) is 1. The van der Waals surface area contributed by atoms with Crippen molar-refractivity contribution in [1.82, 2.24) is 5.32 Å². The van der Waals surface area contributed by atoms with E-state index >= 15 is 0 Å². The first-order chi connectivity index (χ1) is 9.57. The quantitative estimate of drug-likeness (QED) is 0.777. The van der Waals surface area contributed by atoms with Crippen LogP contribution < -0.4 is 14.8 Å². The minimum atomic E-state index is -0.583. The summed E-state index contributed by atoms with van der Waals surface area (Å²) in [6, 6.07) is 4.95. The van der Waals surface area contributed by atoms with Gasteiger partial charge in [0, 0.05) is 11.6 Å². The van der Waals surface area contributed by atoms with Crippen molar-refractivity contribution in [3.05, 3.63) is 23.8 Å². The molecule has 20 heavy (non-hydrogen) atoms. The second kappa shape index (κ2) is 7.75. The molecule has 0 heterocycles. The fraction of sp³-hybridized carbons (Fsp3) is 0.533. The molecule has 1 N–H and O–H groups in total. The average molecular weight is 281 g/mol. The standard InChI is InChI=1S/C15H23NO4/c1-6-10(2)16-14(15(17)20-5)12-9-11(18-3)7-8-13(12)19-4/h7-10,14,16H,6H2,1-5H3. The molecule has 0 amide bonds. The molecule has 0 radical (unpaired) electrons. The van der Waals surface area contributed by atoms with Crippen LogP contribution in [0, 0.1) is 0 Å². The van der Waals surface area contributed by atoms with Crippen LogP contribution in [-0.2, 0) is 9.53 Å². The lowest BCUT2D eigenvalue weighted by molar-refractivity contribution is -0.143. The third kappa shape index (κ3) is 3.87. The van der Waals surface area contributed by atoms with Gasteiger partial charge in [-0.3, -0.25) is 5.32 Å². The molecule has 1 aromatic carbocycles. The van der Waals surface area contributed by atoms with Gasteiger partial charge in [-0.1, -0.05) is 6.92 Å². The monoisotopic (exact) mass is 281 g/mol. The maximum atomic E-state index is 12.1. The van der Waals surface area contributed by atoms with Crippen LogP contribution in [0.1, 0.15) is 31.9 Å². The molecule has 0 bridgehead atoms. The van der Waals surface area contributed by atoms with E-state index in [2.05, 4.69) is 12.2 Å². The number of ether oxygens (including phenoxy) is 3. The SMILES string of the molecule is CCC(C)NC(C(=O)OC)c1cc(OC)ccc1OC. The highest BCUT2D eigenvalue weighted by Gasteiger charge is 2.26. The van der Waals surface area contributed by atoms with Gasteiger partial charge >= 0.3 is 5.97 Å². The van der Waals surface area contributed by atoms with E-state index in [-0.39, 0.29) is 12.0 Å². The van der Waals surface area contributed by atoms with E-state index in [0.29, 0.717) is 17.1 Å². The van der Waals surface area contributed by atoms with Gasteiger partial charge in [-0.2, -0.15) is 0 Å². The first-order valence-corrected chi connectivity index (χ1v) is 6.63. The van der Waals surface area contributed by atoms with Crippen molar-refractivity contribution < 1.29 is 19.0 Å². The number of methoxy groups -OCH3 is 3. The molecule has 5 heteroatoms. The van der Waals surface area contributed by atoms with Crippen LogP contribution in [0.5, 0.6) is 11.5 Å². The van der Waals surface area contributed by atoms with Gasteiger partial charge in [-0.15, -0.1) is 0 Å². The van der Waals surface area contributed by atoms with Gasteiger partial charge in [0.2, 0.25) is 0 Å². The van der Waals surface area contributed by atoms with Crippen LogP contribution in [0.3, 0.4) is 0 Å². The van der Waals surface area contributed by atoms with Crippen molar-refractivity contribution in [2.24, 2.45) is 0 Å². The van der Waals surface area contributed by atoms with Crippen molar-refractivity contribution in [2.75, 3.05) is 21.3 Å². The third-order valence-electron chi connectivity index (χ3n) is 3.25. The summed E-state index contributed by atoms with van der Waals surface area (Å²) in [6.45, 7) is 4.07. The van der Waals surface area contributed by atoms with Crippen LogP contribution in [-0.4, -0.2) is 33.3 Å². The predicted octanol–water partition coefficient (Wildman–Crippen LogP) is 2.31. The third-order valence-corrected chi connectivity index (χ3v) is 3.25. The average Bonchev–Trinajstić information content (AvgIpc) is 2.50. The normalized spacial score (nSPS) is 13.4. The summed E-state index contributed by atoms with van der Waals surface area (Å²) in [5, 5.41) is 3.25. The number of benzene rings is 1. The van der Waals surface area contributed by atoms with Gasteiger partial charge in [0.1, 0.15) is 17.5 Å². The first-order valence-electron chi connectivity index (χ1n) is 6.63. The van der Waals surface area contributed by atoms with E-state index in [0.717, 1.165) is 6.42 Å². The Morgan fingerprint density at radius 3 is 2.45 bits per heavy atom. The number of carbonyl (C=O) groups excluding carboxylic acids is 1. The molecule has 2 atom stereocenters. The zero-order valence-electron chi connectivity index (χ0n) is 12.7. The molecule has 2 unspecified atom stereocenters. The topological polar surface area (TPSA) is 56.8 Å². The molecular weight excluding hydrogens is 258 g/mol. The van der Waals surface area contributed by atoms with E-state index in [4.69, 9.17) is 14.2 Å². The molecule has 0 saturated carbocycles. The van der Waals surface area contributed by atoms with E-state index in [1.807, 2.05) is 6.92 Å². The Morgan fingerprint density at radius 2 is 1.95 bits per heavy atom. The number of rotatable bonds is 7. The van der Waals surface area contributed by atoms with Gasteiger partial charge in [-0.05, 0) is 31.5 Å². The Hall–Kier alpha value is -1.75. The molecule has 112 valence electrons. The summed E-state index contributed by atoms with van der Waals surface area (Å²) in [4.78, 5) is 12.1. The Morgan fingerprint density at radius 1 is 1.25 bits per heavy atom. The van der Waals surface area contributed by atoms with E-state index in [1.54, 1.807) is 32.4 Å². The molecule has 1 rings (SSSR count). The number of carbonyl (C=O) groups is 1. The summed E-state index contributed by atoms with van der Waals surface area (Å²) in [6.07, 6.45) is 0.903. The number of hydrogen-bond acceptors (Lipinski definition) is 5. The van der Waals surface area contributed by atoms with E-state index in [1.165, 1.54) is 7.11 Å². The van der Waals surface area contributed by atoms with Gasteiger partial charge in [0.15, 0.2) is 0 Å². The first kappa shape index (κ1) is 16.3. The van der Waals surface area contributed by atoms with Crippen molar-refractivity contribution in [2.45, 2.75) is 32.4 Å². The molecule has 0 aromatic heterocycles. The number of esters is 1. The van der Waals surface area contributed by atoms with E-state index in [9.17, 15) is 4.79 Å². The Labute approximate surface area is 120 Å². The van der Waals surface area contributed by atoms with Crippen molar-refractivity contribution >= 4 is 5.97 Å². The Bertz CT molecular complexity index is 447. The van der Waals surface area contributed by atoms with Crippen LogP contribution >= 0.6 is 0 Å². The predicted molar refractivity (Wildman–Crippen MR) is 77.2 cm³/mol. The van der Waals surface area contributed by atoms with Crippen LogP contribution in [0.25, 0.3) is 0 Å². The van der Waals surface area contributed by atoms with Crippen LogP contribution in [0.4, 0.5) is 0 Å². The summed E-state index contributed by atoms with van der Waals surface area (Å²) in [7, 11) is 4.53. The second-order valence-corrected chi connectivity index (χ2v) is 4.54. The largest absolute Gasteiger partial charge is 0.497 e. The highest BCUT2D eigenvalue weighted by atomic mass is 16.5. The molecule has 0 fully saturated rings. The minimum Gasteiger partial charge on any atom is -0.497 e. The summed E-state index contributed by atoms with van der Waals surface area (Å²) >= 11 is 0. The summed E-state index contributed by atoms with van der Waals surface area (Å²) in [5.74, 6) is 0.939. The minimum absolute atomic E-state index is 0.176. The molecule has 0 saturated heterocycles. The molecule has 0 aliphatic rings. The molecule has 5 nitrogen and oxygen atoms in total. The fourth-order valence-electron chi connectivity index (χ4n) is 1.87. The summed E-state index contributed by atoms with van der Waals surface area (Å²) in [5.41, 5.74) is 0.707. The van der Waals surface area contributed by atoms with Crippen LogP contribution in [0.15, 0.2) is 18.2 Å². The van der Waals surface area contributed by atoms with Crippen LogP contribution in [0.2, 0.25) is 0 Å². The zero-order chi connectivity index (χ0) is 15.1. The molecule has 0 aliphatic heterocycles. The van der Waals surface area contributed by atoms with Gasteiger partial charge in [-0.25, -0.2) is 4.79 Å². The Balaban J connectivity index is 3.20. The molecule has 1 aromatic rings. The number of nitrogens with one attached hydrogen (secondary N) is 1. The lowest BCUT2D eigenvalue weighted by Gasteiger charge is -2.23. The Kier molecular flexibility index (Phi) is 6.31. The summed E-state index contributed by atoms with van der Waals surface area (Å²) < 4.78 is 15.4. The second-order valence-electron chi connectivity index (χ2n) is 4.54. The lowest BCUT2D eigenvalue weighted by Crippen LogP contribution is -2.36. The molecule has 0 spiro atoms. The van der Waals surface area contributed by atoms with Gasteiger partial charge < -0.3 is 14.2 Å². The van der Waals surface area contributed by atoms with Crippen molar-refractivity contribution in [1.29, 1.82) is 0 Å².